The number of nitrogens with one attached hydrogen (secondary N) is 1. The van der Waals surface area contributed by atoms with Gasteiger partial charge in [0.15, 0.2) is 23.1 Å². The summed E-state index contributed by atoms with van der Waals surface area (Å²) in [5, 5.41) is 13.4. The van der Waals surface area contributed by atoms with E-state index in [4.69, 9.17) is 18.7 Å². The third-order valence-corrected chi connectivity index (χ3v) is 9.67. The maximum atomic E-state index is 15.8. The van der Waals surface area contributed by atoms with Gasteiger partial charge < -0.3 is 23.8 Å². The minimum absolute atomic E-state index is 0.176. The number of alkyl halides is 1. The van der Waals surface area contributed by atoms with Gasteiger partial charge in [0.25, 0.3) is 0 Å². The smallest absolute Gasteiger partial charge is 0.327 e. The highest BCUT2D eigenvalue weighted by Gasteiger charge is 2.56. The van der Waals surface area contributed by atoms with Crippen molar-refractivity contribution in [1.82, 2.24) is 24.6 Å². The molecule has 6 atom stereocenters. The molecule has 202 valence electrons. The highest BCUT2D eigenvalue weighted by molar-refractivity contribution is 8.56. The van der Waals surface area contributed by atoms with Crippen LogP contribution in [0.4, 0.5) is 4.39 Å². The van der Waals surface area contributed by atoms with Gasteiger partial charge in [0.2, 0.25) is 5.88 Å². The largest absolute Gasteiger partial charge is 0.476 e. The van der Waals surface area contributed by atoms with E-state index in [1.807, 2.05) is 0 Å². The fourth-order valence-electron chi connectivity index (χ4n) is 3.76. The molecule has 36 heavy (non-hydrogen) atoms. The lowest BCUT2D eigenvalue weighted by atomic mass is 9.98. The van der Waals surface area contributed by atoms with Gasteiger partial charge in [-0.3, -0.25) is 13.9 Å². The van der Waals surface area contributed by atoms with Crippen LogP contribution in [-0.4, -0.2) is 80.1 Å². The van der Waals surface area contributed by atoms with E-state index < -0.39 is 49.4 Å². The molecule has 0 saturated carbocycles. The zero-order chi connectivity index (χ0) is 26.7. The van der Waals surface area contributed by atoms with Gasteiger partial charge in [-0.25, -0.2) is 19.4 Å². The fourth-order valence-corrected chi connectivity index (χ4v) is 7.37. The molecule has 15 heteroatoms. The van der Waals surface area contributed by atoms with Crippen molar-refractivity contribution in [2.24, 2.45) is 0 Å². The van der Waals surface area contributed by atoms with Crippen LogP contribution in [0.15, 0.2) is 6.33 Å². The Morgan fingerprint density at radius 2 is 2.11 bits per heavy atom. The molecule has 2 N–H and O–H groups in total. The molecular formula is C21H33FN5O7PS. The number of hydrogen-bond donors (Lipinski definition) is 2. The number of hydrogen-bond acceptors (Lipinski definition) is 11. The Kier molecular flexibility index (Phi) is 9.34. The van der Waals surface area contributed by atoms with E-state index in [2.05, 4.69) is 20.0 Å². The van der Waals surface area contributed by atoms with Crippen molar-refractivity contribution >= 4 is 35.2 Å². The number of aryl methyl sites for hydroxylation is 1. The first-order valence-corrected chi connectivity index (χ1v) is 14.9. The summed E-state index contributed by atoms with van der Waals surface area (Å²) in [6.45, 7) is 6.14. The van der Waals surface area contributed by atoms with Crippen molar-refractivity contribution in [3.05, 3.63) is 12.2 Å². The van der Waals surface area contributed by atoms with Crippen molar-refractivity contribution in [1.29, 1.82) is 0 Å². The van der Waals surface area contributed by atoms with Gasteiger partial charge in [0, 0.05) is 5.75 Å². The number of esters is 1. The van der Waals surface area contributed by atoms with Gasteiger partial charge in [-0.05, 0) is 34.6 Å². The minimum Gasteiger partial charge on any atom is -0.476 e. The van der Waals surface area contributed by atoms with Crippen molar-refractivity contribution in [2.45, 2.75) is 71.7 Å². The van der Waals surface area contributed by atoms with Crippen LogP contribution in [-0.2, 0) is 23.4 Å². The van der Waals surface area contributed by atoms with E-state index in [-0.39, 0.29) is 18.1 Å². The summed E-state index contributed by atoms with van der Waals surface area (Å²) in [7, 11) is 0. The van der Waals surface area contributed by atoms with E-state index in [9.17, 15) is 14.5 Å². The average Bonchev–Trinajstić information content (AvgIpc) is 3.31. The molecule has 1 unspecified atom stereocenters. The lowest BCUT2D eigenvalue weighted by molar-refractivity contribution is -0.144. The second-order valence-electron chi connectivity index (χ2n) is 8.27. The zero-order valence-corrected chi connectivity index (χ0v) is 22.8. The van der Waals surface area contributed by atoms with Crippen LogP contribution < -0.4 is 9.82 Å². The number of aliphatic hydroxyl groups is 1. The quantitative estimate of drug-likeness (QED) is 0.296. The van der Waals surface area contributed by atoms with Gasteiger partial charge in [0.1, 0.15) is 24.1 Å². The van der Waals surface area contributed by atoms with Gasteiger partial charge in [-0.15, -0.1) is 0 Å². The van der Waals surface area contributed by atoms with E-state index in [1.165, 1.54) is 24.7 Å². The van der Waals surface area contributed by atoms with Gasteiger partial charge >= 0.3 is 12.7 Å². The number of carbonyl (C=O) groups excluding carboxylic acids is 1. The van der Waals surface area contributed by atoms with Gasteiger partial charge in [0.05, 0.1) is 26.1 Å². The Morgan fingerprint density at radius 3 is 2.75 bits per heavy atom. The molecule has 1 fully saturated rings. The molecule has 2 aromatic rings. The number of nitrogens with zero attached hydrogens (tertiary/aromatic N) is 4. The molecule has 0 radical (unpaired) electrons. The molecule has 3 rings (SSSR count). The Balaban J connectivity index is 1.81. The van der Waals surface area contributed by atoms with Crippen molar-refractivity contribution in [2.75, 3.05) is 25.6 Å². The van der Waals surface area contributed by atoms with Gasteiger partial charge in [-0.1, -0.05) is 18.3 Å². The molecule has 0 aliphatic carbocycles. The number of fused-ring (bicyclic) bond motifs is 1. The normalized spacial score (nSPS) is 26.6. The summed E-state index contributed by atoms with van der Waals surface area (Å²) in [6, 6.07) is -0.900. The van der Waals surface area contributed by atoms with Crippen LogP contribution in [0.5, 0.6) is 5.88 Å². The average molecular weight is 550 g/mol. The first-order valence-electron chi connectivity index (χ1n) is 11.7. The summed E-state index contributed by atoms with van der Waals surface area (Å²) >= 11 is 0.973. The minimum atomic E-state index is -3.62. The molecule has 0 amide bonds. The molecule has 0 spiro atoms. The van der Waals surface area contributed by atoms with Crippen LogP contribution >= 0.6 is 18.1 Å². The van der Waals surface area contributed by atoms with Crippen LogP contribution in [0.1, 0.15) is 46.7 Å². The summed E-state index contributed by atoms with van der Waals surface area (Å²) in [5.74, 6) is 0.491. The Hall–Kier alpha value is -1.83. The SMILES string of the molecule is CCOC(=O)[C@@H](C)NP(=O)(OC[C@H]1O[C@@H](n2cnc3c(OCC)nc(C)nc32)[C@](C)(F)[C@@H]1O)SCC. The molecule has 0 aromatic carbocycles. The number of imidazole rings is 1. The molecule has 0 bridgehead atoms. The Morgan fingerprint density at radius 1 is 1.39 bits per heavy atom. The third kappa shape index (κ3) is 6.00. The molecular weight excluding hydrogens is 516 g/mol. The first kappa shape index (κ1) is 28.7. The van der Waals surface area contributed by atoms with Crippen LogP contribution in [0.3, 0.4) is 0 Å². The van der Waals surface area contributed by atoms with Crippen LogP contribution in [0, 0.1) is 6.92 Å². The maximum Gasteiger partial charge on any atom is 0.327 e. The maximum absolute atomic E-state index is 15.8. The molecule has 2 aromatic heterocycles. The predicted molar refractivity (Wildman–Crippen MR) is 132 cm³/mol. The highest BCUT2D eigenvalue weighted by Crippen LogP contribution is 2.57. The monoisotopic (exact) mass is 549 g/mol. The van der Waals surface area contributed by atoms with Crippen molar-refractivity contribution in [3.63, 3.8) is 0 Å². The van der Waals surface area contributed by atoms with Crippen LogP contribution in [0.25, 0.3) is 11.2 Å². The topological polar surface area (TPSA) is 147 Å². The van der Waals surface area contributed by atoms with E-state index in [0.29, 0.717) is 23.7 Å². The summed E-state index contributed by atoms with van der Waals surface area (Å²) in [6.07, 6.45) is -2.74. The Bertz CT molecular complexity index is 1120. The lowest BCUT2D eigenvalue weighted by Gasteiger charge is -2.25. The number of halogens is 1. The Labute approximate surface area is 212 Å². The summed E-state index contributed by atoms with van der Waals surface area (Å²) < 4.78 is 52.5. The summed E-state index contributed by atoms with van der Waals surface area (Å²) in [5.41, 5.74) is -1.65. The number of rotatable bonds is 12. The number of ether oxygens (including phenoxy) is 3. The second-order valence-corrected chi connectivity index (χ2v) is 12.8. The van der Waals surface area contributed by atoms with Gasteiger partial charge in [-0.2, -0.15) is 4.98 Å². The predicted octanol–water partition coefficient (Wildman–Crippen LogP) is 2.94. The number of aromatic nitrogens is 4. The standard InChI is InChI=1S/C21H33FN5O7PS/c1-7-31-18-15-17(24-13(5)25-18)27(11-23-15)20-21(6,22)16(28)14(34-20)10-33-35(30,36-9-3)26-12(4)19(29)32-8-2/h11-12,14,16,20,28H,7-10H2,1-6H3,(H,26,30)/t12-,14-,16-,20-,21-,35?/m1/s1. The van der Waals surface area contributed by atoms with Crippen molar-refractivity contribution in [3.8, 4) is 5.88 Å². The van der Waals surface area contributed by atoms with E-state index in [1.54, 1.807) is 27.7 Å². The third-order valence-electron chi connectivity index (χ3n) is 5.45. The number of carbonyl (C=O) groups is 1. The molecule has 3 heterocycles. The second kappa shape index (κ2) is 11.7. The van der Waals surface area contributed by atoms with Crippen molar-refractivity contribution < 1.29 is 37.6 Å². The fraction of sp³-hybridized carbons (Fsp3) is 0.714. The highest BCUT2D eigenvalue weighted by atomic mass is 32.7. The molecule has 1 aliphatic heterocycles. The molecule has 12 nitrogen and oxygen atoms in total. The van der Waals surface area contributed by atoms with Crippen LogP contribution in [0.2, 0.25) is 0 Å². The lowest BCUT2D eigenvalue weighted by Crippen LogP contribution is -2.41. The van der Waals surface area contributed by atoms with E-state index >= 15 is 4.39 Å². The van der Waals surface area contributed by atoms with E-state index in [0.717, 1.165) is 11.4 Å². The molecule has 1 saturated heterocycles. The number of aliphatic hydroxyl groups excluding tert-OH is 1. The molecule has 1 aliphatic rings. The zero-order valence-electron chi connectivity index (χ0n) is 21.1. The first-order chi connectivity index (χ1) is 17.0. The summed E-state index contributed by atoms with van der Waals surface area (Å²) in [4.78, 5) is 24.8.